The Hall–Kier alpha value is -0.790. The average molecular weight is 325 g/mol. The molecule has 0 aromatic heterocycles. The van der Waals surface area contributed by atoms with E-state index in [0.29, 0.717) is 5.57 Å². The largest absolute Gasteiger partial charge is 0.478 e. The Labute approximate surface area is 144 Å². The van der Waals surface area contributed by atoms with Crippen LogP contribution < -0.4 is 0 Å². The van der Waals surface area contributed by atoms with E-state index in [1.54, 1.807) is 6.92 Å². The van der Waals surface area contributed by atoms with Gasteiger partial charge in [0.25, 0.3) is 0 Å². The van der Waals surface area contributed by atoms with Gasteiger partial charge < -0.3 is 5.11 Å². The van der Waals surface area contributed by atoms with E-state index in [2.05, 4.69) is 13.8 Å². The molecule has 0 aliphatic rings. The van der Waals surface area contributed by atoms with Crippen molar-refractivity contribution in [3.63, 3.8) is 0 Å². The maximum Gasteiger partial charge on any atom is 0.331 e. The van der Waals surface area contributed by atoms with Crippen LogP contribution in [0.5, 0.6) is 0 Å². The molecule has 0 aromatic carbocycles. The predicted molar refractivity (Wildman–Crippen MR) is 101 cm³/mol. The van der Waals surface area contributed by atoms with E-state index < -0.39 is 5.97 Å². The summed E-state index contributed by atoms with van der Waals surface area (Å²) in [5.74, 6) is -0.733. The fourth-order valence-electron chi connectivity index (χ4n) is 3.07. The van der Waals surface area contributed by atoms with Crippen LogP contribution in [-0.2, 0) is 4.79 Å². The highest BCUT2D eigenvalue weighted by atomic mass is 16.4. The summed E-state index contributed by atoms with van der Waals surface area (Å²) >= 11 is 0. The summed E-state index contributed by atoms with van der Waals surface area (Å²) in [6.07, 6.45) is 18.8. The predicted octanol–water partition coefficient (Wildman–Crippen LogP) is 7.28. The number of aliphatic carboxylic acids is 1. The van der Waals surface area contributed by atoms with Crippen molar-refractivity contribution in [3.8, 4) is 0 Å². The summed E-state index contributed by atoms with van der Waals surface area (Å²) in [4.78, 5) is 11.2. The van der Waals surface area contributed by atoms with E-state index in [1.807, 2.05) is 0 Å². The minimum Gasteiger partial charge on any atom is -0.478 e. The number of carboxylic acids is 1. The Morgan fingerprint density at radius 1 is 0.652 bits per heavy atom. The Kier molecular flexibility index (Phi) is 15.5. The fourth-order valence-corrected chi connectivity index (χ4v) is 3.07. The van der Waals surface area contributed by atoms with Crippen LogP contribution >= 0.6 is 0 Å². The van der Waals surface area contributed by atoms with Crippen molar-refractivity contribution in [2.75, 3.05) is 0 Å². The van der Waals surface area contributed by atoms with Crippen LogP contribution in [0.15, 0.2) is 11.1 Å². The van der Waals surface area contributed by atoms with Gasteiger partial charge in [0.05, 0.1) is 0 Å². The van der Waals surface area contributed by atoms with E-state index in [-0.39, 0.29) is 0 Å². The normalized spacial score (nSPS) is 12.3. The van der Waals surface area contributed by atoms with Gasteiger partial charge in [-0.2, -0.15) is 0 Å². The number of hydrogen-bond donors (Lipinski definition) is 1. The lowest BCUT2D eigenvalue weighted by atomic mass is 9.96. The molecule has 0 spiro atoms. The second kappa shape index (κ2) is 16.1. The highest BCUT2D eigenvalue weighted by Crippen LogP contribution is 2.21. The van der Waals surface area contributed by atoms with Gasteiger partial charge in [-0.1, -0.05) is 90.0 Å². The molecule has 0 fully saturated rings. The molecule has 0 amide bonds. The Bertz CT molecular complexity index is 318. The Morgan fingerprint density at radius 2 is 1.00 bits per heavy atom. The maximum absolute atomic E-state index is 11.2. The highest BCUT2D eigenvalue weighted by molar-refractivity contribution is 5.86. The lowest BCUT2D eigenvalue weighted by Crippen LogP contribution is -2.02. The Balaban J connectivity index is 3.79. The minimum atomic E-state index is -0.733. The molecule has 0 bridgehead atoms. The molecule has 0 rings (SSSR count). The monoisotopic (exact) mass is 324 g/mol. The van der Waals surface area contributed by atoms with Crippen LogP contribution in [0.25, 0.3) is 0 Å². The molecule has 2 nitrogen and oxygen atoms in total. The summed E-state index contributed by atoms with van der Waals surface area (Å²) in [5, 5.41) is 9.21. The average Bonchev–Trinajstić information content (AvgIpc) is 2.54. The second-order valence-corrected chi connectivity index (χ2v) is 6.92. The SMILES string of the molecule is CCCCCCCCCCCCC(CCCCC)=C(C)C(=O)O. The third-order valence-corrected chi connectivity index (χ3v) is 4.77. The lowest BCUT2D eigenvalue weighted by molar-refractivity contribution is -0.132. The van der Waals surface area contributed by atoms with Crippen LogP contribution in [0.1, 0.15) is 117 Å². The molecule has 0 saturated carbocycles. The van der Waals surface area contributed by atoms with Gasteiger partial charge in [-0.15, -0.1) is 0 Å². The first-order chi connectivity index (χ1) is 11.1. The van der Waals surface area contributed by atoms with Crippen molar-refractivity contribution in [1.29, 1.82) is 0 Å². The molecule has 0 saturated heterocycles. The van der Waals surface area contributed by atoms with Gasteiger partial charge in [0, 0.05) is 5.57 Å². The van der Waals surface area contributed by atoms with Crippen LogP contribution in [0.2, 0.25) is 0 Å². The molecular formula is C21H40O2. The quantitative estimate of drug-likeness (QED) is 0.239. The molecule has 1 N–H and O–H groups in total. The van der Waals surface area contributed by atoms with Gasteiger partial charge in [0.2, 0.25) is 0 Å². The summed E-state index contributed by atoms with van der Waals surface area (Å²) in [7, 11) is 0. The lowest BCUT2D eigenvalue weighted by Gasteiger charge is -2.10. The van der Waals surface area contributed by atoms with Gasteiger partial charge in [-0.25, -0.2) is 4.79 Å². The summed E-state index contributed by atoms with van der Waals surface area (Å²) < 4.78 is 0. The van der Waals surface area contributed by atoms with Crippen LogP contribution in [0.3, 0.4) is 0 Å². The van der Waals surface area contributed by atoms with Gasteiger partial charge in [0.1, 0.15) is 0 Å². The smallest absolute Gasteiger partial charge is 0.331 e. The van der Waals surface area contributed by atoms with Crippen molar-refractivity contribution in [2.24, 2.45) is 0 Å². The number of rotatable bonds is 16. The number of hydrogen-bond acceptors (Lipinski definition) is 1. The third-order valence-electron chi connectivity index (χ3n) is 4.77. The van der Waals surface area contributed by atoms with Crippen molar-refractivity contribution in [2.45, 2.75) is 117 Å². The molecule has 0 radical (unpaired) electrons. The van der Waals surface area contributed by atoms with Crippen LogP contribution in [-0.4, -0.2) is 11.1 Å². The molecule has 0 unspecified atom stereocenters. The number of carbonyl (C=O) groups is 1. The molecule has 136 valence electrons. The van der Waals surface area contributed by atoms with Gasteiger partial charge in [-0.3, -0.25) is 0 Å². The number of allylic oxidation sites excluding steroid dienone is 1. The summed E-state index contributed by atoms with van der Waals surface area (Å²) in [5.41, 5.74) is 1.78. The first kappa shape index (κ1) is 22.2. The third kappa shape index (κ3) is 13.4. The van der Waals surface area contributed by atoms with E-state index in [0.717, 1.165) is 25.7 Å². The maximum atomic E-state index is 11.2. The van der Waals surface area contributed by atoms with Crippen LogP contribution in [0, 0.1) is 0 Å². The van der Waals surface area contributed by atoms with Crippen molar-refractivity contribution in [3.05, 3.63) is 11.1 Å². The van der Waals surface area contributed by atoms with E-state index >= 15 is 0 Å². The van der Waals surface area contributed by atoms with Gasteiger partial charge >= 0.3 is 5.97 Å². The molecule has 0 heterocycles. The summed E-state index contributed by atoms with van der Waals surface area (Å²) in [6, 6.07) is 0. The molecule has 23 heavy (non-hydrogen) atoms. The van der Waals surface area contributed by atoms with E-state index in [1.165, 1.54) is 76.2 Å². The van der Waals surface area contributed by atoms with E-state index in [4.69, 9.17) is 0 Å². The molecule has 0 aliphatic carbocycles. The van der Waals surface area contributed by atoms with Gasteiger partial charge in [0.15, 0.2) is 0 Å². The number of carboxylic acid groups (broad SMARTS) is 1. The zero-order valence-electron chi connectivity index (χ0n) is 16.0. The molecule has 0 aliphatic heterocycles. The minimum absolute atomic E-state index is 0.594. The zero-order chi connectivity index (χ0) is 17.3. The summed E-state index contributed by atoms with van der Waals surface area (Å²) in [6.45, 7) is 6.23. The molecular weight excluding hydrogens is 284 g/mol. The molecule has 0 atom stereocenters. The molecule has 0 aromatic rings. The van der Waals surface area contributed by atoms with Crippen molar-refractivity contribution >= 4 is 5.97 Å². The van der Waals surface area contributed by atoms with Crippen LogP contribution in [0.4, 0.5) is 0 Å². The van der Waals surface area contributed by atoms with Gasteiger partial charge in [-0.05, 0) is 32.6 Å². The van der Waals surface area contributed by atoms with Crippen molar-refractivity contribution < 1.29 is 9.90 Å². The highest BCUT2D eigenvalue weighted by Gasteiger charge is 2.09. The number of unbranched alkanes of at least 4 members (excludes halogenated alkanes) is 11. The van der Waals surface area contributed by atoms with E-state index in [9.17, 15) is 9.90 Å². The fraction of sp³-hybridized carbons (Fsp3) is 0.857. The second-order valence-electron chi connectivity index (χ2n) is 6.92. The Morgan fingerprint density at radius 3 is 1.43 bits per heavy atom. The first-order valence-electron chi connectivity index (χ1n) is 10.0. The first-order valence-corrected chi connectivity index (χ1v) is 10.0. The standard InChI is InChI=1S/C21H40O2/c1-4-6-8-9-10-11-12-13-14-16-18-20(17-15-7-5-2)19(3)21(22)23/h4-18H2,1-3H3,(H,22,23). The zero-order valence-corrected chi connectivity index (χ0v) is 16.0. The molecule has 2 heteroatoms. The van der Waals surface area contributed by atoms with Crippen molar-refractivity contribution in [1.82, 2.24) is 0 Å². The topological polar surface area (TPSA) is 37.3 Å².